The van der Waals surface area contributed by atoms with Gasteiger partial charge in [0.05, 0.1) is 18.2 Å². The molecule has 2 amide bonds. The van der Waals surface area contributed by atoms with Crippen molar-refractivity contribution < 1.29 is 9.59 Å². The van der Waals surface area contributed by atoms with E-state index in [9.17, 15) is 9.59 Å². The number of aromatic nitrogens is 2. The van der Waals surface area contributed by atoms with Crippen LogP contribution in [0.2, 0.25) is 0 Å². The van der Waals surface area contributed by atoms with E-state index in [2.05, 4.69) is 22.4 Å². The highest BCUT2D eigenvalue weighted by Crippen LogP contribution is 2.27. The molecular formula is C21H28N4O2. The molecule has 0 aliphatic carbocycles. The fraction of sp³-hybridized carbons (Fsp3) is 0.476. The van der Waals surface area contributed by atoms with Gasteiger partial charge in [0.2, 0.25) is 5.91 Å². The summed E-state index contributed by atoms with van der Waals surface area (Å²) in [6.07, 6.45) is 3.69. The summed E-state index contributed by atoms with van der Waals surface area (Å²) in [7, 11) is 0. The van der Waals surface area contributed by atoms with Crippen LogP contribution in [-0.2, 0) is 17.6 Å². The van der Waals surface area contributed by atoms with E-state index in [0.29, 0.717) is 30.4 Å². The Balaban J connectivity index is 1.46. The molecule has 27 heavy (non-hydrogen) atoms. The van der Waals surface area contributed by atoms with Crippen LogP contribution in [0.3, 0.4) is 0 Å². The van der Waals surface area contributed by atoms with Crippen molar-refractivity contribution in [2.24, 2.45) is 11.8 Å². The van der Waals surface area contributed by atoms with Crippen LogP contribution >= 0.6 is 0 Å². The lowest BCUT2D eigenvalue weighted by molar-refractivity contribution is -0.120. The fourth-order valence-electron chi connectivity index (χ4n) is 3.75. The zero-order valence-electron chi connectivity index (χ0n) is 16.1. The molecule has 0 unspecified atom stereocenters. The Kier molecular flexibility index (Phi) is 6.27. The van der Waals surface area contributed by atoms with E-state index in [4.69, 9.17) is 0 Å². The third-order valence-electron chi connectivity index (χ3n) is 5.40. The number of carbonyl (C=O) groups excluding carboxylic acids is 2. The highest BCUT2D eigenvalue weighted by molar-refractivity contribution is 5.95. The lowest BCUT2D eigenvalue weighted by Crippen LogP contribution is -2.30. The zero-order valence-corrected chi connectivity index (χ0v) is 16.1. The van der Waals surface area contributed by atoms with E-state index < -0.39 is 0 Å². The standard InChI is InChI=1S/C21H28N4O2/c1-3-19-18(12-23-24-19)21(27)25-13-15(2)17(14-25)9-10-22-20(26)11-16-7-5-4-6-8-16/h4-8,12,15,17H,3,9-11,13-14H2,1-2H3,(H,22,26)(H,23,24)/t15-,17-/m1/s1. The van der Waals surface area contributed by atoms with Crippen molar-refractivity contribution in [3.8, 4) is 0 Å². The van der Waals surface area contributed by atoms with Crippen LogP contribution in [0.5, 0.6) is 0 Å². The molecular weight excluding hydrogens is 340 g/mol. The second-order valence-corrected chi connectivity index (χ2v) is 7.36. The van der Waals surface area contributed by atoms with Gasteiger partial charge in [-0.05, 0) is 30.2 Å². The van der Waals surface area contributed by atoms with Crippen molar-refractivity contribution >= 4 is 11.8 Å². The van der Waals surface area contributed by atoms with Crippen molar-refractivity contribution in [3.63, 3.8) is 0 Å². The van der Waals surface area contributed by atoms with Crippen LogP contribution in [0.15, 0.2) is 36.5 Å². The average Bonchev–Trinajstić information content (AvgIpc) is 3.29. The van der Waals surface area contributed by atoms with Gasteiger partial charge in [-0.25, -0.2) is 0 Å². The lowest BCUT2D eigenvalue weighted by Gasteiger charge is -2.16. The summed E-state index contributed by atoms with van der Waals surface area (Å²) < 4.78 is 0. The molecule has 3 rings (SSSR count). The molecule has 1 aliphatic heterocycles. The molecule has 144 valence electrons. The van der Waals surface area contributed by atoms with E-state index in [1.807, 2.05) is 42.2 Å². The maximum atomic E-state index is 12.8. The molecule has 1 saturated heterocycles. The Morgan fingerprint density at radius 3 is 2.78 bits per heavy atom. The van der Waals surface area contributed by atoms with E-state index >= 15 is 0 Å². The quantitative estimate of drug-likeness (QED) is 0.788. The molecule has 2 heterocycles. The van der Waals surface area contributed by atoms with E-state index in [-0.39, 0.29) is 11.8 Å². The maximum Gasteiger partial charge on any atom is 0.257 e. The SMILES string of the molecule is CCc1[nH]ncc1C(=O)N1C[C@@H](CCNC(=O)Cc2ccccc2)[C@H](C)C1. The maximum absolute atomic E-state index is 12.8. The fourth-order valence-corrected chi connectivity index (χ4v) is 3.75. The van der Waals surface area contributed by atoms with Crippen molar-refractivity contribution in [2.75, 3.05) is 19.6 Å². The van der Waals surface area contributed by atoms with Gasteiger partial charge in [0, 0.05) is 25.3 Å². The van der Waals surface area contributed by atoms with Crippen molar-refractivity contribution in [1.82, 2.24) is 20.4 Å². The molecule has 6 nitrogen and oxygen atoms in total. The number of carbonyl (C=O) groups is 2. The summed E-state index contributed by atoms with van der Waals surface area (Å²) in [5.41, 5.74) is 2.60. The molecule has 0 saturated carbocycles. The zero-order chi connectivity index (χ0) is 19.2. The molecule has 1 fully saturated rings. The van der Waals surface area contributed by atoms with E-state index in [1.165, 1.54) is 0 Å². The molecule has 1 aromatic carbocycles. The first-order valence-corrected chi connectivity index (χ1v) is 9.70. The predicted octanol–water partition coefficient (Wildman–Crippen LogP) is 2.43. The summed E-state index contributed by atoms with van der Waals surface area (Å²) >= 11 is 0. The number of nitrogens with zero attached hydrogens (tertiary/aromatic N) is 2. The summed E-state index contributed by atoms with van der Waals surface area (Å²) in [5.74, 6) is 0.939. The number of H-pyrrole nitrogens is 1. The van der Waals surface area contributed by atoms with Crippen LogP contribution in [0, 0.1) is 11.8 Å². The highest BCUT2D eigenvalue weighted by atomic mass is 16.2. The monoisotopic (exact) mass is 368 g/mol. The highest BCUT2D eigenvalue weighted by Gasteiger charge is 2.33. The van der Waals surface area contributed by atoms with Crippen molar-refractivity contribution in [2.45, 2.75) is 33.1 Å². The first kappa shape index (κ1) is 19.1. The number of benzene rings is 1. The van der Waals surface area contributed by atoms with Gasteiger partial charge < -0.3 is 10.2 Å². The Bertz CT molecular complexity index is 771. The number of amides is 2. The topological polar surface area (TPSA) is 78.1 Å². The molecule has 2 N–H and O–H groups in total. The van der Waals surface area contributed by atoms with Crippen LogP contribution in [-0.4, -0.2) is 46.5 Å². The van der Waals surface area contributed by atoms with Gasteiger partial charge in [0.1, 0.15) is 0 Å². The minimum Gasteiger partial charge on any atom is -0.356 e. The first-order valence-electron chi connectivity index (χ1n) is 9.70. The smallest absolute Gasteiger partial charge is 0.257 e. The Morgan fingerprint density at radius 2 is 2.04 bits per heavy atom. The van der Waals surface area contributed by atoms with Gasteiger partial charge in [0.15, 0.2) is 0 Å². The van der Waals surface area contributed by atoms with Gasteiger partial charge in [-0.2, -0.15) is 5.10 Å². The third kappa shape index (κ3) is 4.76. The van der Waals surface area contributed by atoms with Gasteiger partial charge in [0.25, 0.3) is 5.91 Å². The largest absolute Gasteiger partial charge is 0.356 e. The number of hydrogen-bond acceptors (Lipinski definition) is 3. The van der Waals surface area contributed by atoms with Gasteiger partial charge in [-0.15, -0.1) is 0 Å². The summed E-state index contributed by atoms with van der Waals surface area (Å²) in [6, 6.07) is 9.75. The number of aryl methyl sites for hydroxylation is 1. The Labute approximate surface area is 160 Å². The van der Waals surface area contributed by atoms with Crippen LogP contribution in [0.1, 0.15) is 41.9 Å². The summed E-state index contributed by atoms with van der Waals surface area (Å²) in [4.78, 5) is 26.8. The second kappa shape index (κ2) is 8.84. The minimum atomic E-state index is 0.0470. The van der Waals surface area contributed by atoms with Crippen LogP contribution in [0.25, 0.3) is 0 Å². The Hall–Kier alpha value is -2.63. The second-order valence-electron chi connectivity index (χ2n) is 7.36. The molecule has 0 bridgehead atoms. The summed E-state index contributed by atoms with van der Waals surface area (Å²) in [5, 5.41) is 9.92. The van der Waals surface area contributed by atoms with Gasteiger partial charge in [-0.3, -0.25) is 14.7 Å². The lowest BCUT2D eigenvalue weighted by atomic mass is 9.95. The van der Waals surface area contributed by atoms with Gasteiger partial charge in [-0.1, -0.05) is 44.2 Å². The minimum absolute atomic E-state index is 0.0470. The molecule has 1 aliphatic rings. The molecule has 0 spiro atoms. The van der Waals surface area contributed by atoms with E-state index in [1.54, 1.807) is 6.20 Å². The predicted molar refractivity (Wildman–Crippen MR) is 104 cm³/mol. The first-order chi connectivity index (χ1) is 13.1. The molecule has 6 heteroatoms. The number of nitrogens with one attached hydrogen (secondary N) is 2. The number of aromatic amines is 1. The normalized spacial score (nSPS) is 19.3. The number of hydrogen-bond donors (Lipinski definition) is 2. The molecule has 2 aromatic rings. The number of rotatable bonds is 7. The molecule has 2 atom stereocenters. The Morgan fingerprint density at radius 1 is 1.26 bits per heavy atom. The van der Waals surface area contributed by atoms with Crippen LogP contribution in [0.4, 0.5) is 0 Å². The molecule has 0 radical (unpaired) electrons. The van der Waals surface area contributed by atoms with Crippen LogP contribution < -0.4 is 5.32 Å². The third-order valence-corrected chi connectivity index (χ3v) is 5.40. The average molecular weight is 368 g/mol. The molecule has 1 aromatic heterocycles. The van der Waals surface area contributed by atoms with Crippen molar-refractivity contribution in [3.05, 3.63) is 53.3 Å². The summed E-state index contributed by atoms with van der Waals surface area (Å²) in [6.45, 7) is 6.34. The van der Waals surface area contributed by atoms with Gasteiger partial charge >= 0.3 is 0 Å². The van der Waals surface area contributed by atoms with E-state index in [0.717, 1.165) is 37.2 Å². The van der Waals surface area contributed by atoms with Crippen molar-refractivity contribution in [1.29, 1.82) is 0 Å². The number of likely N-dealkylation sites (tertiary alicyclic amines) is 1.